The van der Waals surface area contributed by atoms with Gasteiger partial charge in [0.1, 0.15) is 0 Å². The molecule has 0 bridgehead atoms. The van der Waals surface area contributed by atoms with E-state index in [-0.39, 0.29) is 17.8 Å². The van der Waals surface area contributed by atoms with Crippen LogP contribution < -0.4 is 0 Å². The molecule has 1 aliphatic carbocycles. The molecular formula is C15H28O3. The van der Waals surface area contributed by atoms with Gasteiger partial charge in [-0.25, -0.2) is 0 Å². The number of carbonyl (C=O) groups is 1. The molecule has 0 radical (unpaired) electrons. The normalized spacial score (nSPS) is 34.1. The van der Waals surface area contributed by atoms with Gasteiger partial charge in [-0.15, -0.1) is 0 Å². The van der Waals surface area contributed by atoms with Crippen molar-refractivity contribution in [1.29, 1.82) is 0 Å². The van der Waals surface area contributed by atoms with Gasteiger partial charge in [-0.2, -0.15) is 0 Å². The van der Waals surface area contributed by atoms with Crippen LogP contribution in [0.1, 0.15) is 59.3 Å². The molecule has 3 heteroatoms. The van der Waals surface area contributed by atoms with E-state index < -0.39 is 5.60 Å². The standard InChI is InChI=1S/C15H28O3/c1-5-6-7-13(14(16)18-4)15(17)9-8-11(2)10-12(15)3/h11-13,17H,5-10H2,1-4H3. The summed E-state index contributed by atoms with van der Waals surface area (Å²) in [5.41, 5.74) is -0.866. The zero-order chi connectivity index (χ0) is 13.8. The zero-order valence-corrected chi connectivity index (χ0v) is 12.2. The largest absolute Gasteiger partial charge is 0.469 e. The summed E-state index contributed by atoms with van der Waals surface area (Å²) in [7, 11) is 1.42. The molecule has 4 atom stereocenters. The van der Waals surface area contributed by atoms with E-state index in [0.29, 0.717) is 5.92 Å². The first-order valence-electron chi connectivity index (χ1n) is 7.25. The summed E-state index contributed by atoms with van der Waals surface area (Å²) in [5.74, 6) is 0.212. The molecule has 1 rings (SSSR count). The van der Waals surface area contributed by atoms with E-state index >= 15 is 0 Å². The first-order chi connectivity index (χ1) is 8.45. The number of unbranched alkanes of at least 4 members (excludes halogenated alkanes) is 1. The summed E-state index contributed by atoms with van der Waals surface area (Å²) in [6.45, 7) is 6.39. The molecule has 4 unspecified atom stereocenters. The number of aliphatic hydroxyl groups is 1. The summed E-state index contributed by atoms with van der Waals surface area (Å²) in [5, 5.41) is 10.9. The molecule has 0 aliphatic heterocycles. The quantitative estimate of drug-likeness (QED) is 0.769. The van der Waals surface area contributed by atoms with Gasteiger partial charge in [-0.1, -0.05) is 33.6 Å². The van der Waals surface area contributed by atoms with Crippen LogP contribution in [0, 0.1) is 17.8 Å². The van der Waals surface area contributed by atoms with E-state index in [9.17, 15) is 9.90 Å². The number of hydrogen-bond donors (Lipinski definition) is 1. The van der Waals surface area contributed by atoms with Gasteiger partial charge in [0.25, 0.3) is 0 Å². The lowest BCUT2D eigenvalue weighted by Gasteiger charge is -2.44. The van der Waals surface area contributed by atoms with Crippen LogP contribution in [0.15, 0.2) is 0 Å². The maximum absolute atomic E-state index is 12.0. The Labute approximate surface area is 111 Å². The Balaban J connectivity index is 2.84. The van der Waals surface area contributed by atoms with Crippen LogP contribution in [0.25, 0.3) is 0 Å². The van der Waals surface area contributed by atoms with E-state index in [2.05, 4.69) is 20.8 Å². The van der Waals surface area contributed by atoms with Crippen LogP contribution in [-0.4, -0.2) is 23.8 Å². The second kappa shape index (κ2) is 6.55. The van der Waals surface area contributed by atoms with Crippen molar-refractivity contribution in [2.24, 2.45) is 17.8 Å². The summed E-state index contributed by atoms with van der Waals surface area (Å²) in [6.07, 6.45) is 5.45. The molecule has 3 nitrogen and oxygen atoms in total. The van der Waals surface area contributed by atoms with Gasteiger partial charge in [0.2, 0.25) is 0 Å². The van der Waals surface area contributed by atoms with Crippen molar-refractivity contribution in [2.75, 3.05) is 7.11 Å². The molecule has 0 aromatic heterocycles. The fourth-order valence-corrected chi connectivity index (χ4v) is 3.29. The van der Waals surface area contributed by atoms with E-state index in [1.807, 2.05) is 0 Å². The van der Waals surface area contributed by atoms with Crippen molar-refractivity contribution in [3.8, 4) is 0 Å². The van der Waals surface area contributed by atoms with Crippen LogP contribution in [0.4, 0.5) is 0 Å². The number of rotatable bonds is 5. The minimum Gasteiger partial charge on any atom is -0.469 e. The third-order valence-electron chi connectivity index (χ3n) is 4.58. The van der Waals surface area contributed by atoms with Crippen molar-refractivity contribution in [3.63, 3.8) is 0 Å². The predicted molar refractivity (Wildman–Crippen MR) is 72.2 cm³/mol. The molecule has 1 saturated carbocycles. The number of hydrogen-bond acceptors (Lipinski definition) is 3. The first-order valence-corrected chi connectivity index (χ1v) is 7.25. The third kappa shape index (κ3) is 3.25. The molecule has 0 aromatic carbocycles. The van der Waals surface area contributed by atoms with Crippen molar-refractivity contribution in [1.82, 2.24) is 0 Å². The first kappa shape index (κ1) is 15.5. The van der Waals surface area contributed by atoms with Gasteiger partial charge < -0.3 is 9.84 Å². The van der Waals surface area contributed by atoms with Crippen LogP contribution in [0.5, 0.6) is 0 Å². The molecule has 106 valence electrons. The highest BCUT2D eigenvalue weighted by Gasteiger charge is 2.47. The lowest BCUT2D eigenvalue weighted by atomic mass is 9.65. The van der Waals surface area contributed by atoms with Gasteiger partial charge in [0.05, 0.1) is 18.6 Å². The molecular weight excluding hydrogens is 228 g/mol. The lowest BCUT2D eigenvalue weighted by molar-refractivity contribution is -0.166. The summed E-state index contributed by atoms with van der Waals surface area (Å²) < 4.78 is 4.90. The highest BCUT2D eigenvalue weighted by atomic mass is 16.5. The Morgan fingerprint density at radius 3 is 2.67 bits per heavy atom. The summed E-state index contributed by atoms with van der Waals surface area (Å²) >= 11 is 0. The van der Waals surface area contributed by atoms with Crippen molar-refractivity contribution in [3.05, 3.63) is 0 Å². The average Bonchev–Trinajstić information content (AvgIpc) is 2.34. The molecule has 0 spiro atoms. The Kier molecular flexibility index (Phi) is 5.64. The van der Waals surface area contributed by atoms with Crippen LogP contribution in [-0.2, 0) is 9.53 Å². The maximum Gasteiger partial charge on any atom is 0.311 e. The van der Waals surface area contributed by atoms with E-state index in [1.165, 1.54) is 7.11 Å². The number of carbonyl (C=O) groups excluding carboxylic acids is 1. The predicted octanol–water partition coefficient (Wildman–Crippen LogP) is 3.15. The van der Waals surface area contributed by atoms with Crippen LogP contribution in [0.2, 0.25) is 0 Å². The topological polar surface area (TPSA) is 46.5 Å². The van der Waals surface area contributed by atoms with Gasteiger partial charge in [-0.05, 0) is 37.5 Å². The van der Waals surface area contributed by atoms with E-state index in [0.717, 1.165) is 38.5 Å². The minimum atomic E-state index is -0.866. The second-order valence-corrected chi connectivity index (χ2v) is 5.99. The molecule has 1 aliphatic rings. The molecule has 18 heavy (non-hydrogen) atoms. The minimum absolute atomic E-state index is 0.169. The molecule has 0 heterocycles. The fourth-order valence-electron chi connectivity index (χ4n) is 3.29. The Morgan fingerprint density at radius 2 is 2.17 bits per heavy atom. The highest BCUT2D eigenvalue weighted by molar-refractivity contribution is 5.73. The summed E-state index contributed by atoms with van der Waals surface area (Å²) in [6, 6.07) is 0. The number of esters is 1. The van der Waals surface area contributed by atoms with Gasteiger partial charge in [0.15, 0.2) is 0 Å². The maximum atomic E-state index is 12.0. The zero-order valence-electron chi connectivity index (χ0n) is 12.2. The molecule has 1 fully saturated rings. The second-order valence-electron chi connectivity index (χ2n) is 5.99. The summed E-state index contributed by atoms with van der Waals surface area (Å²) in [4.78, 5) is 12.0. The van der Waals surface area contributed by atoms with Crippen LogP contribution >= 0.6 is 0 Å². The lowest BCUT2D eigenvalue weighted by Crippen LogP contribution is -2.50. The third-order valence-corrected chi connectivity index (χ3v) is 4.58. The fraction of sp³-hybridized carbons (Fsp3) is 0.933. The average molecular weight is 256 g/mol. The monoisotopic (exact) mass is 256 g/mol. The SMILES string of the molecule is CCCCC(C(=O)OC)C1(O)CCC(C)CC1C. The van der Waals surface area contributed by atoms with E-state index in [4.69, 9.17) is 4.74 Å². The van der Waals surface area contributed by atoms with Gasteiger partial charge in [0, 0.05) is 0 Å². The van der Waals surface area contributed by atoms with Crippen molar-refractivity contribution in [2.45, 2.75) is 64.9 Å². The smallest absolute Gasteiger partial charge is 0.311 e. The van der Waals surface area contributed by atoms with Crippen LogP contribution in [0.3, 0.4) is 0 Å². The molecule has 1 N–H and O–H groups in total. The Hall–Kier alpha value is -0.570. The Bertz CT molecular complexity index is 277. The molecule has 0 amide bonds. The van der Waals surface area contributed by atoms with E-state index in [1.54, 1.807) is 0 Å². The van der Waals surface area contributed by atoms with Gasteiger partial charge in [-0.3, -0.25) is 4.79 Å². The Morgan fingerprint density at radius 1 is 1.50 bits per heavy atom. The highest BCUT2D eigenvalue weighted by Crippen LogP contribution is 2.43. The molecule has 0 saturated heterocycles. The van der Waals surface area contributed by atoms with Crippen molar-refractivity contribution < 1.29 is 14.6 Å². The number of methoxy groups -OCH3 is 1. The van der Waals surface area contributed by atoms with Gasteiger partial charge >= 0.3 is 5.97 Å². The van der Waals surface area contributed by atoms with Crippen molar-refractivity contribution >= 4 is 5.97 Å². The number of ether oxygens (including phenoxy) is 1. The molecule has 0 aromatic rings.